The molecule has 1 heterocycles. The summed E-state index contributed by atoms with van der Waals surface area (Å²) >= 11 is 4.92. The molecule has 1 unspecified atom stereocenters. The van der Waals surface area contributed by atoms with E-state index in [2.05, 4.69) is 5.10 Å². The van der Waals surface area contributed by atoms with Gasteiger partial charge in [0.1, 0.15) is 5.75 Å². The van der Waals surface area contributed by atoms with E-state index in [9.17, 15) is 9.66 Å². The van der Waals surface area contributed by atoms with Crippen LogP contribution in [0.3, 0.4) is 0 Å². The van der Waals surface area contributed by atoms with E-state index in [0.29, 0.717) is 22.8 Å². The summed E-state index contributed by atoms with van der Waals surface area (Å²) in [5, 5.41) is 14.8. The molecule has 2 aromatic rings. The van der Waals surface area contributed by atoms with Gasteiger partial charge in [-0.25, -0.2) is 4.68 Å². The lowest BCUT2D eigenvalue weighted by Gasteiger charge is -2.05. The van der Waals surface area contributed by atoms with E-state index in [1.54, 1.807) is 36.7 Å². The maximum Gasteiger partial charge on any atom is 0.217 e. The van der Waals surface area contributed by atoms with E-state index in [0.717, 1.165) is 5.69 Å². The van der Waals surface area contributed by atoms with Crippen molar-refractivity contribution >= 4 is 22.8 Å². The molecule has 0 bridgehead atoms. The summed E-state index contributed by atoms with van der Waals surface area (Å²) < 4.78 is 12.5. The number of aromatic hydroxyl groups is 1. The molecule has 96 valence electrons. The lowest BCUT2D eigenvalue weighted by atomic mass is 10.2. The van der Waals surface area contributed by atoms with Crippen molar-refractivity contribution in [3.8, 4) is 11.6 Å². The molecule has 1 atom stereocenters. The number of hydrogen-bond acceptors (Lipinski definition) is 3. The maximum atomic E-state index is 11.0. The highest BCUT2D eigenvalue weighted by atomic mass is 35.5. The number of halogens is 1. The van der Waals surface area contributed by atoms with Crippen LogP contribution in [-0.4, -0.2) is 31.4 Å². The standard InChI is InChI=1S/C12H13ClN2O2S/c1-18(17)7-6-9-8-14-15(12(9)16)11-4-2-10(13)3-5-11/h2-5,8,16H,6-7H2,1H3. The van der Waals surface area contributed by atoms with Crippen LogP contribution >= 0.6 is 11.6 Å². The monoisotopic (exact) mass is 284 g/mol. The molecule has 0 aliphatic rings. The molecule has 0 saturated heterocycles. The van der Waals surface area contributed by atoms with Gasteiger partial charge in [0.25, 0.3) is 0 Å². The minimum atomic E-state index is -0.878. The fraction of sp³-hybridized carbons (Fsp3) is 0.250. The molecule has 18 heavy (non-hydrogen) atoms. The highest BCUT2D eigenvalue weighted by molar-refractivity contribution is 7.90. The minimum absolute atomic E-state index is 0.0859. The Morgan fingerprint density at radius 2 is 2.06 bits per heavy atom. The highest BCUT2D eigenvalue weighted by Crippen LogP contribution is 2.22. The number of hydrogen-bond donors (Lipinski definition) is 1. The zero-order valence-electron chi connectivity index (χ0n) is 9.84. The summed E-state index contributed by atoms with van der Waals surface area (Å²) in [6.45, 7) is 0. The van der Waals surface area contributed by atoms with Crippen LogP contribution in [0.5, 0.6) is 5.88 Å². The summed E-state index contributed by atoms with van der Waals surface area (Å²) in [5.41, 5.74) is 1.43. The third-order valence-electron chi connectivity index (χ3n) is 2.55. The van der Waals surface area contributed by atoms with Crippen molar-refractivity contribution in [3.63, 3.8) is 0 Å². The molecule has 4 nitrogen and oxygen atoms in total. The van der Waals surface area contributed by atoms with Crippen LogP contribution in [0.15, 0.2) is 30.5 Å². The zero-order chi connectivity index (χ0) is 13.1. The van der Waals surface area contributed by atoms with Crippen LogP contribution < -0.4 is 0 Å². The molecule has 0 aliphatic heterocycles. The van der Waals surface area contributed by atoms with E-state index in [4.69, 9.17) is 11.6 Å². The number of rotatable bonds is 4. The Bertz CT molecular complexity index is 525. The van der Waals surface area contributed by atoms with Crippen LogP contribution in [0.4, 0.5) is 0 Å². The lowest BCUT2D eigenvalue weighted by molar-refractivity contribution is 0.428. The quantitative estimate of drug-likeness (QED) is 0.875. The first-order valence-electron chi connectivity index (χ1n) is 5.40. The molecule has 0 amide bonds. The maximum absolute atomic E-state index is 11.0. The van der Waals surface area contributed by atoms with E-state index in [1.807, 2.05) is 0 Å². The zero-order valence-corrected chi connectivity index (χ0v) is 11.4. The number of aryl methyl sites for hydroxylation is 1. The summed E-state index contributed by atoms with van der Waals surface area (Å²) in [6.07, 6.45) is 3.78. The molecule has 1 N–H and O–H groups in total. The van der Waals surface area contributed by atoms with Crippen LogP contribution in [0.1, 0.15) is 5.56 Å². The van der Waals surface area contributed by atoms with Gasteiger partial charge in [-0.3, -0.25) is 0 Å². The van der Waals surface area contributed by atoms with Gasteiger partial charge in [-0.1, -0.05) is 22.8 Å². The SMILES string of the molecule is C[S+]([O-])CCc1cnn(-c2ccc(Cl)cc2)c1O. The Kier molecular flexibility index (Phi) is 4.16. The van der Waals surface area contributed by atoms with Crippen molar-refractivity contribution in [1.29, 1.82) is 0 Å². The second-order valence-corrected chi connectivity index (χ2v) is 5.90. The first-order chi connectivity index (χ1) is 8.58. The van der Waals surface area contributed by atoms with E-state index < -0.39 is 11.2 Å². The van der Waals surface area contributed by atoms with Crippen molar-refractivity contribution < 1.29 is 9.66 Å². The third-order valence-corrected chi connectivity index (χ3v) is 3.58. The number of nitrogens with zero attached hydrogens (tertiary/aromatic N) is 2. The van der Waals surface area contributed by atoms with Gasteiger partial charge in [0.2, 0.25) is 5.88 Å². The Balaban J connectivity index is 2.22. The van der Waals surface area contributed by atoms with Gasteiger partial charge >= 0.3 is 0 Å². The normalized spacial score (nSPS) is 12.6. The van der Waals surface area contributed by atoms with Crippen LogP contribution in [-0.2, 0) is 17.6 Å². The molecule has 1 aromatic carbocycles. The second kappa shape index (κ2) is 5.65. The van der Waals surface area contributed by atoms with Gasteiger partial charge in [-0.15, -0.1) is 0 Å². The van der Waals surface area contributed by atoms with E-state index >= 15 is 0 Å². The second-order valence-electron chi connectivity index (χ2n) is 3.91. The fourth-order valence-electron chi connectivity index (χ4n) is 1.58. The Labute approximate surface area is 113 Å². The molecular weight excluding hydrogens is 272 g/mol. The number of aromatic nitrogens is 2. The van der Waals surface area contributed by atoms with E-state index in [1.165, 1.54) is 4.68 Å². The van der Waals surface area contributed by atoms with Crippen molar-refractivity contribution in [2.75, 3.05) is 12.0 Å². The summed E-state index contributed by atoms with van der Waals surface area (Å²) in [7, 11) is 0. The van der Waals surface area contributed by atoms with E-state index in [-0.39, 0.29) is 5.88 Å². The van der Waals surface area contributed by atoms with Gasteiger partial charge < -0.3 is 9.66 Å². The van der Waals surface area contributed by atoms with Gasteiger partial charge in [0, 0.05) is 17.0 Å². The van der Waals surface area contributed by atoms with Crippen LogP contribution in [0.25, 0.3) is 5.69 Å². The predicted octanol–water partition coefficient (Wildman–Crippen LogP) is 2.15. The first-order valence-corrected chi connectivity index (χ1v) is 7.50. The Hall–Kier alpha value is -1.17. The Morgan fingerprint density at radius 3 is 2.67 bits per heavy atom. The van der Waals surface area contributed by atoms with Gasteiger partial charge in [-0.2, -0.15) is 5.10 Å². The highest BCUT2D eigenvalue weighted by Gasteiger charge is 2.12. The molecule has 0 aliphatic carbocycles. The fourth-order valence-corrected chi connectivity index (χ4v) is 2.21. The molecule has 1 aromatic heterocycles. The predicted molar refractivity (Wildman–Crippen MR) is 72.9 cm³/mol. The minimum Gasteiger partial charge on any atom is -0.617 e. The Morgan fingerprint density at radius 1 is 1.39 bits per heavy atom. The molecule has 0 spiro atoms. The first kappa shape index (κ1) is 13.3. The van der Waals surface area contributed by atoms with Crippen molar-refractivity contribution in [2.45, 2.75) is 6.42 Å². The summed E-state index contributed by atoms with van der Waals surface area (Å²) in [5.74, 6) is 0.600. The van der Waals surface area contributed by atoms with Crippen LogP contribution in [0.2, 0.25) is 5.02 Å². The van der Waals surface area contributed by atoms with Crippen molar-refractivity contribution in [2.24, 2.45) is 0 Å². The van der Waals surface area contributed by atoms with Gasteiger partial charge in [0.05, 0.1) is 18.1 Å². The smallest absolute Gasteiger partial charge is 0.217 e. The summed E-state index contributed by atoms with van der Waals surface area (Å²) in [6, 6.07) is 7.02. The third kappa shape index (κ3) is 2.98. The summed E-state index contributed by atoms with van der Waals surface area (Å²) in [4.78, 5) is 0. The molecule has 0 fully saturated rings. The molecule has 0 radical (unpaired) electrons. The molecular formula is C12H13ClN2O2S. The van der Waals surface area contributed by atoms with Gasteiger partial charge in [0.15, 0.2) is 0 Å². The van der Waals surface area contributed by atoms with Crippen molar-refractivity contribution in [1.82, 2.24) is 9.78 Å². The molecule has 6 heteroatoms. The number of benzene rings is 1. The topological polar surface area (TPSA) is 61.1 Å². The lowest BCUT2D eigenvalue weighted by Crippen LogP contribution is -2.05. The van der Waals surface area contributed by atoms with Gasteiger partial charge in [-0.05, 0) is 24.3 Å². The van der Waals surface area contributed by atoms with Crippen LogP contribution in [0, 0.1) is 0 Å². The molecule has 0 saturated carbocycles. The average Bonchev–Trinajstić information content (AvgIpc) is 2.69. The molecule has 2 rings (SSSR count). The van der Waals surface area contributed by atoms with Crippen molar-refractivity contribution in [3.05, 3.63) is 41.0 Å². The largest absolute Gasteiger partial charge is 0.617 e. The average molecular weight is 285 g/mol.